The number of amides is 1. The van der Waals surface area contributed by atoms with Crippen LogP contribution in [-0.4, -0.2) is 43.8 Å². The minimum Gasteiger partial charge on any atom is -0.447 e. The van der Waals surface area contributed by atoms with Crippen molar-refractivity contribution in [3.63, 3.8) is 0 Å². The van der Waals surface area contributed by atoms with Crippen molar-refractivity contribution in [2.45, 2.75) is 52.1 Å². The molecule has 0 spiro atoms. The summed E-state index contributed by atoms with van der Waals surface area (Å²) >= 11 is 0. The molecule has 1 amide bonds. The van der Waals surface area contributed by atoms with Gasteiger partial charge in [-0.05, 0) is 30.5 Å². The molecule has 1 aliphatic heterocycles. The number of carbonyl (C=O) groups excluding carboxylic acids is 1. The maximum atomic E-state index is 12.3. The van der Waals surface area contributed by atoms with Gasteiger partial charge in [-0.15, -0.1) is 0 Å². The fraction of sp³-hybridized carbons (Fsp3) is 0.455. The topological polar surface area (TPSA) is 119 Å². The summed E-state index contributed by atoms with van der Waals surface area (Å²) in [6.45, 7) is 6.57. The van der Waals surface area contributed by atoms with E-state index in [1.54, 1.807) is 29.6 Å². The second-order valence-corrected chi connectivity index (χ2v) is 8.03. The third kappa shape index (κ3) is 4.68. The highest BCUT2D eigenvalue weighted by molar-refractivity contribution is 5.89. The van der Waals surface area contributed by atoms with Gasteiger partial charge in [0.1, 0.15) is 18.5 Å². The van der Waals surface area contributed by atoms with Crippen LogP contribution in [-0.2, 0) is 4.74 Å². The molecule has 0 saturated carbocycles. The summed E-state index contributed by atoms with van der Waals surface area (Å²) in [5.41, 5.74) is 0.780. The molecule has 1 unspecified atom stereocenters. The first-order valence-electron chi connectivity index (χ1n) is 10.9. The van der Waals surface area contributed by atoms with Crippen LogP contribution in [0.1, 0.15) is 52.0 Å². The average molecular weight is 438 g/mol. The number of hydrogen-bond donors (Lipinski definition) is 1. The van der Waals surface area contributed by atoms with Gasteiger partial charge in [-0.25, -0.2) is 9.78 Å². The van der Waals surface area contributed by atoms with E-state index in [0.29, 0.717) is 30.1 Å². The van der Waals surface area contributed by atoms with Crippen molar-refractivity contribution in [1.82, 2.24) is 25.1 Å². The Labute approximate surface area is 186 Å². The Morgan fingerprint density at radius 2 is 2.12 bits per heavy atom. The third-order valence-electron chi connectivity index (χ3n) is 5.37. The molecule has 4 rings (SSSR count). The van der Waals surface area contributed by atoms with Crippen LogP contribution in [0.15, 0.2) is 41.3 Å². The fourth-order valence-corrected chi connectivity index (χ4v) is 3.55. The first kappa shape index (κ1) is 21.7. The van der Waals surface area contributed by atoms with Crippen LogP contribution >= 0.6 is 0 Å². The highest BCUT2D eigenvalue weighted by Gasteiger charge is 2.37. The Morgan fingerprint density at radius 1 is 1.25 bits per heavy atom. The quantitative estimate of drug-likeness (QED) is 0.524. The second kappa shape index (κ2) is 9.71. The first-order valence-corrected chi connectivity index (χ1v) is 10.9. The second-order valence-electron chi connectivity index (χ2n) is 8.03. The molecule has 0 aromatic carbocycles. The van der Waals surface area contributed by atoms with Gasteiger partial charge >= 0.3 is 6.09 Å². The van der Waals surface area contributed by atoms with Gasteiger partial charge < -0.3 is 14.6 Å². The van der Waals surface area contributed by atoms with Crippen molar-refractivity contribution >= 4 is 17.9 Å². The SMILES string of the molecule is CCCCC(Nc1nccc(N2C(=O)OC[C@@H]2C(C)C)n1)c1nc(-c2cccnc2)no1. The number of nitrogens with zero attached hydrogens (tertiary/aromatic N) is 6. The Hall–Kier alpha value is -3.56. The van der Waals surface area contributed by atoms with Crippen LogP contribution in [0, 0.1) is 5.92 Å². The maximum absolute atomic E-state index is 12.3. The van der Waals surface area contributed by atoms with Crippen molar-refractivity contribution in [3.8, 4) is 11.4 Å². The molecule has 2 atom stereocenters. The molecule has 168 valence electrons. The highest BCUT2D eigenvalue weighted by Crippen LogP contribution is 2.28. The van der Waals surface area contributed by atoms with Gasteiger partial charge in [0.2, 0.25) is 17.7 Å². The van der Waals surface area contributed by atoms with Gasteiger partial charge in [0.25, 0.3) is 0 Å². The molecule has 1 aliphatic rings. The number of ether oxygens (including phenoxy) is 1. The van der Waals surface area contributed by atoms with Crippen LogP contribution in [0.25, 0.3) is 11.4 Å². The summed E-state index contributed by atoms with van der Waals surface area (Å²) in [6, 6.07) is 5.07. The predicted molar refractivity (Wildman–Crippen MR) is 118 cm³/mol. The monoisotopic (exact) mass is 437 g/mol. The third-order valence-corrected chi connectivity index (χ3v) is 5.37. The number of carbonyl (C=O) groups is 1. The summed E-state index contributed by atoms with van der Waals surface area (Å²) < 4.78 is 10.8. The lowest BCUT2D eigenvalue weighted by Gasteiger charge is -2.23. The molecular weight excluding hydrogens is 410 g/mol. The molecule has 1 fully saturated rings. The van der Waals surface area contributed by atoms with Crippen molar-refractivity contribution in [3.05, 3.63) is 42.7 Å². The Kier molecular flexibility index (Phi) is 6.58. The van der Waals surface area contributed by atoms with E-state index in [9.17, 15) is 4.79 Å². The molecule has 1 saturated heterocycles. The lowest BCUT2D eigenvalue weighted by molar-refractivity contribution is 0.177. The molecule has 3 aromatic heterocycles. The normalized spacial score (nSPS) is 16.9. The standard InChI is InChI=1S/C22H27N7O3/c1-4-5-8-16(20-27-19(28-32-20)15-7-6-10-23-12-15)25-21-24-11-9-18(26-21)29-17(14(2)3)13-31-22(29)30/h6-7,9-12,14,16-17H,4-5,8,13H2,1-3H3,(H,24,25,26)/t16?,17-/m1/s1. The average Bonchev–Trinajstić information content (AvgIpc) is 3.45. The molecule has 10 heteroatoms. The molecule has 0 bridgehead atoms. The van der Waals surface area contributed by atoms with E-state index in [1.165, 1.54) is 0 Å². The van der Waals surface area contributed by atoms with Gasteiger partial charge in [0.05, 0.1) is 6.04 Å². The summed E-state index contributed by atoms with van der Waals surface area (Å²) in [5.74, 6) is 2.04. The summed E-state index contributed by atoms with van der Waals surface area (Å²) in [4.78, 5) is 31.5. The summed E-state index contributed by atoms with van der Waals surface area (Å²) in [7, 11) is 0. The smallest absolute Gasteiger partial charge is 0.415 e. The maximum Gasteiger partial charge on any atom is 0.415 e. The van der Waals surface area contributed by atoms with Crippen molar-refractivity contribution in [2.24, 2.45) is 5.92 Å². The van der Waals surface area contributed by atoms with Gasteiger partial charge in [-0.1, -0.05) is 38.8 Å². The van der Waals surface area contributed by atoms with Crippen molar-refractivity contribution < 1.29 is 14.1 Å². The predicted octanol–water partition coefficient (Wildman–Crippen LogP) is 4.25. The van der Waals surface area contributed by atoms with Crippen molar-refractivity contribution in [2.75, 3.05) is 16.8 Å². The molecule has 0 radical (unpaired) electrons. The van der Waals surface area contributed by atoms with Crippen LogP contribution in [0.5, 0.6) is 0 Å². The first-order chi connectivity index (χ1) is 15.6. The molecule has 1 N–H and O–H groups in total. The summed E-state index contributed by atoms with van der Waals surface area (Å²) in [6.07, 6.45) is 7.34. The van der Waals surface area contributed by atoms with E-state index in [1.807, 2.05) is 12.1 Å². The molecule has 0 aliphatic carbocycles. The van der Waals surface area contributed by atoms with Gasteiger partial charge in [0.15, 0.2) is 0 Å². The van der Waals surface area contributed by atoms with Gasteiger partial charge in [-0.3, -0.25) is 9.88 Å². The zero-order valence-corrected chi connectivity index (χ0v) is 18.4. The Morgan fingerprint density at radius 3 is 2.88 bits per heavy atom. The Bertz CT molecular complexity index is 1040. The van der Waals surface area contributed by atoms with E-state index in [0.717, 1.165) is 24.8 Å². The number of cyclic esters (lactones) is 1. The highest BCUT2D eigenvalue weighted by atomic mass is 16.6. The fourth-order valence-electron chi connectivity index (χ4n) is 3.55. The zero-order chi connectivity index (χ0) is 22.5. The van der Waals surface area contributed by atoms with Crippen LogP contribution in [0.4, 0.5) is 16.6 Å². The molecular formula is C22H27N7O3. The van der Waals surface area contributed by atoms with E-state index in [2.05, 4.69) is 51.2 Å². The minimum absolute atomic E-state index is 0.0703. The largest absolute Gasteiger partial charge is 0.447 e. The van der Waals surface area contributed by atoms with Crippen LogP contribution in [0.3, 0.4) is 0 Å². The lowest BCUT2D eigenvalue weighted by atomic mass is 10.0. The number of aromatic nitrogens is 5. The number of unbranched alkanes of at least 4 members (excludes halogenated alkanes) is 1. The van der Waals surface area contributed by atoms with Gasteiger partial charge in [0, 0.05) is 24.2 Å². The molecule has 10 nitrogen and oxygen atoms in total. The van der Waals surface area contributed by atoms with E-state index in [4.69, 9.17) is 9.26 Å². The molecule has 4 heterocycles. The van der Waals surface area contributed by atoms with E-state index in [-0.39, 0.29) is 18.0 Å². The Balaban J connectivity index is 1.57. The summed E-state index contributed by atoms with van der Waals surface area (Å²) in [5, 5.41) is 7.41. The number of rotatable bonds is 9. The van der Waals surface area contributed by atoms with Gasteiger partial charge in [-0.2, -0.15) is 9.97 Å². The molecule has 3 aromatic rings. The van der Waals surface area contributed by atoms with Crippen LogP contribution in [0.2, 0.25) is 0 Å². The van der Waals surface area contributed by atoms with Crippen molar-refractivity contribution in [1.29, 1.82) is 0 Å². The van der Waals surface area contributed by atoms with E-state index >= 15 is 0 Å². The number of anilines is 2. The lowest BCUT2D eigenvalue weighted by Crippen LogP contribution is -2.37. The van der Waals surface area contributed by atoms with E-state index < -0.39 is 6.09 Å². The number of hydrogen-bond acceptors (Lipinski definition) is 9. The number of nitrogens with one attached hydrogen (secondary N) is 1. The zero-order valence-electron chi connectivity index (χ0n) is 18.4. The minimum atomic E-state index is -0.395. The van der Waals surface area contributed by atoms with Crippen LogP contribution < -0.4 is 10.2 Å². The number of pyridine rings is 1. The molecule has 32 heavy (non-hydrogen) atoms.